The van der Waals surface area contributed by atoms with Crippen molar-refractivity contribution in [1.82, 2.24) is 9.80 Å². The zero-order chi connectivity index (χ0) is 16.3. The lowest BCUT2D eigenvalue weighted by Gasteiger charge is -2.24. The highest BCUT2D eigenvalue weighted by atomic mass is 35.5. The Balaban J connectivity index is 1.96. The van der Waals surface area contributed by atoms with Crippen LogP contribution in [0, 0.1) is 0 Å². The topological polar surface area (TPSA) is 60.9 Å². The lowest BCUT2D eigenvalue weighted by Crippen LogP contribution is -2.43. The Kier molecular flexibility index (Phi) is 5.67. The monoisotopic (exact) mass is 344 g/mol. The lowest BCUT2D eigenvalue weighted by molar-refractivity contribution is -0.143. The Labute approximate surface area is 139 Å². The summed E-state index contributed by atoms with van der Waals surface area (Å²) in [5, 5.41) is 10.2. The van der Waals surface area contributed by atoms with Gasteiger partial charge in [-0.2, -0.15) is 0 Å². The number of likely N-dealkylation sites (tertiary alicyclic amines) is 1. The molecule has 0 aromatic heterocycles. The van der Waals surface area contributed by atoms with Crippen LogP contribution in [0.5, 0.6) is 0 Å². The largest absolute Gasteiger partial charge is 0.480 e. The van der Waals surface area contributed by atoms with Crippen LogP contribution in [0.4, 0.5) is 0 Å². The Morgan fingerprint density at radius 2 is 1.95 bits per heavy atom. The molecule has 1 saturated heterocycles. The number of carbonyl (C=O) groups excluding carboxylic acids is 1. The predicted octanol–water partition coefficient (Wildman–Crippen LogP) is 2.50. The van der Waals surface area contributed by atoms with Crippen LogP contribution >= 0.6 is 23.2 Å². The zero-order valence-electron chi connectivity index (χ0n) is 12.3. The number of halogens is 2. The molecule has 1 amide bonds. The van der Waals surface area contributed by atoms with Gasteiger partial charge in [-0.05, 0) is 43.1 Å². The maximum atomic E-state index is 12.3. The Hall–Kier alpha value is -1.30. The minimum absolute atomic E-state index is 0.113. The summed E-state index contributed by atoms with van der Waals surface area (Å²) >= 11 is 11.9. The lowest BCUT2D eigenvalue weighted by atomic mass is 10.2. The fraction of sp³-hybridized carbons (Fsp3) is 0.467. The van der Waals surface area contributed by atoms with Crippen LogP contribution in [0.15, 0.2) is 18.2 Å². The maximum Gasteiger partial charge on any atom is 0.320 e. The number of hydrogen-bond donors (Lipinski definition) is 1. The highest BCUT2D eigenvalue weighted by Gasteiger charge is 2.32. The van der Waals surface area contributed by atoms with Gasteiger partial charge < -0.3 is 10.0 Å². The third-order valence-electron chi connectivity index (χ3n) is 3.75. The molecule has 0 bridgehead atoms. The van der Waals surface area contributed by atoms with Crippen LogP contribution in [0.2, 0.25) is 10.0 Å². The maximum absolute atomic E-state index is 12.3. The van der Waals surface area contributed by atoms with E-state index in [1.54, 1.807) is 35.0 Å². The van der Waals surface area contributed by atoms with Gasteiger partial charge in [0.25, 0.3) is 0 Å². The van der Waals surface area contributed by atoms with E-state index in [4.69, 9.17) is 28.3 Å². The molecule has 1 fully saturated rings. The number of aliphatic carboxylic acids is 1. The molecule has 2 rings (SSSR count). The van der Waals surface area contributed by atoms with E-state index in [0.717, 1.165) is 12.0 Å². The van der Waals surface area contributed by atoms with Crippen molar-refractivity contribution in [2.24, 2.45) is 0 Å². The summed E-state index contributed by atoms with van der Waals surface area (Å²) in [4.78, 5) is 26.7. The van der Waals surface area contributed by atoms with E-state index < -0.39 is 12.0 Å². The van der Waals surface area contributed by atoms with Gasteiger partial charge in [0, 0.05) is 23.6 Å². The van der Waals surface area contributed by atoms with Gasteiger partial charge in [-0.1, -0.05) is 23.2 Å². The number of rotatable bonds is 5. The van der Waals surface area contributed by atoms with E-state index in [0.29, 0.717) is 29.6 Å². The molecule has 1 heterocycles. The Morgan fingerprint density at radius 3 is 2.55 bits per heavy atom. The standard InChI is InChI=1S/C15H18Cl2N2O3/c1-18(8-10-5-11(16)7-12(17)6-10)14(20)9-19-4-2-3-13(19)15(21)22/h5-7,13H,2-4,8-9H2,1H3,(H,21,22)/t13-/m1/s1. The predicted molar refractivity (Wildman–Crippen MR) is 85.2 cm³/mol. The fourth-order valence-corrected chi connectivity index (χ4v) is 3.23. The summed E-state index contributed by atoms with van der Waals surface area (Å²) in [7, 11) is 1.68. The molecule has 1 aliphatic heterocycles. The number of carboxylic acid groups (broad SMARTS) is 1. The Morgan fingerprint density at radius 1 is 1.32 bits per heavy atom. The molecule has 5 nitrogen and oxygen atoms in total. The molecule has 0 unspecified atom stereocenters. The SMILES string of the molecule is CN(Cc1cc(Cl)cc(Cl)c1)C(=O)CN1CCC[C@@H]1C(=O)O. The van der Waals surface area contributed by atoms with E-state index in [1.807, 2.05) is 0 Å². The molecule has 0 spiro atoms. The van der Waals surface area contributed by atoms with E-state index in [1.165, 1.54) is 0 Å². The minimum atomic E-state index is -0.866. The van der Waals surface area contributed by atoms with Crippen molar-refractivity contribution in [3.05, 3.63) is 33.8 Å². The quantitative estimate of drug-likeness (QED) is 0.891. The van der Waals surface area contributed by atoms with Crippen LogP contribution in [0.1, 0.15) is 18.4 Å². The first-order valence-corrected chi connectivity index (χ1v) is 7.78. The van der Waals surface area contributed by atoms with Gasteiger partial charge >= 0.3 is 5.97 Å². The second-order valence-electron chi connectivity index (χ2n) is 5.49. The minimum Gasteiger partial charge on any atom is -0.480 e. The molecule has 22 heavy (non-hydrogen) atoms. The number of benzene rings is 1. The summed E-state index contributed by atoms with van der Waals surface area (Å²) < 4.78 is 0. The smallest absolute Gasteiger partial charge is 0.320 e. The van der Waals surface area contributed by atoms with Crippen LogP contribution in [0.25, 0.3) is 0 Å². The first-order valence-electron chi connectivity index (χ1n) is 7.02. The molecular weight excluding hydrogens is 327 g/mol. The van der Waals surface area contributed by atoms with Crippen molar-refractivity contribution in [3.63, 3.8) is 0 Å². The molecule has 7 heteroatoms. The van der Waals surface area contributed by atoms with Crippen LogP contribution in [0.3, 0.4) is 0 Å². The highest BCUT2D eigenvalue weighted by molar-refractivity contribution is 6.34. The molecule has 0 radical (unpaired) electrons. The average Bonchev–Trinajstić information content (AvgIpc) is 2.85. The van der Waals surface area contributed by atoms with Crippen LogP contribution < -0.4 is 0 Å². The number of nitrogens with zero attached hydrogens (tertiary/aromatic N) is 2. The molecule has 120 valence electrons. The number of carboxylic acids is 1. The van der Waals surface area contributed by atoms with Gasteiger partial charge in [-0.25, -0.2) is 0 Å². The first-order chi connectivity index (χ1) is 10.4. The van der Waals surface area contributed by atoms with Gasteiger partial charge in [0.2, 0.25) is 5.91 Å². The third-order valence-corrected chi connectivity index (χ3v) is 4.19. The van der Waals surface area contributed by atoms with Gasteiger partial charge in [-0.3, -0.25) is 14.5 Å². The summed E-state index contributed by atoms with van der Waals surface area (Å²) in [5.74, 6) is -0.987. The van der Waals surface area contributed by atoms with Gasteiger partial charge in [-0.15, -0.1) is 0 Å². The molecule has 0 saturated carbocycles. The van der Waals surface area contributed by atoms with E-state index >= 15 is 0 Å². The van der Waals surface area contributed by atoms with E-state index in [-0.39, 0.29) is 12.5 Å². The second kappa shape index (κ2) is 7.31. The molecule has 0 aliphatic carbocycles. The molecule has 1 atom stereocenters. The summed E-state index contributed by atoms with van der Waals surface area (Å²) in [6, 6.07) is 4.59. The number of likely N-dealkylation sites (N-methyl/N-ethyl adjacent to an activating group) is 1. The van der Waals surface area contributed by atoms with Crippen molar-refractivity contribution >= 4 is 35.1 Å². The third kappa shape index (κ3) is 4.35. The van der Waals surface area contributed by atoms with Crippen molar-refractivity contribution in [2.75, 3.05) is 20.1 Å². The van der Waals surface area contributed by atoms with Crippen LogP contribution in [-0.2, 0) is 16.1 Å². The van der Waals surface area contributed by atoms with Gasteiger partial charge in [0.1, 0.15) is 6.04 Å². The summed E-state index contributed by atoms with van der Waals surface area (Å²) in [6.07, 6.45) is 1.40. The van der Waals surface area contributed by atoms with Gasteiger partial charge in [0.05, 0.1) is 6.54 Å². The summed E-state index contributed by atoms with van der Waals surface area (Å²) in [6.45, 7) is 1.13. The zero-order valence-corrected chi connectivity index (χ0v) is 13.8. The second-order valence-corrected chi connectivity index (χ2v) is 6.37. The molecule has 1 aromatic carbocycles. The fourth-order valence-electron chi connectivity index (χ4n) is 2.65. The Bertz CT molecular complexity index is 560. The van der Waals surface area contributed by atoms with Gasteiger partial charge in [0.15, 0.2) is 0 Å². The molecule has 1 N–H and O–H groups in total. The van der Waals surface area contributed by atoms with Crippen molar-refractivity contribution in [3.8, 4) is 0 Å². The number of carbonyl (C=O) groups is 2. The van der Waals surface area contributed by atoms with Crippen LogP contribution in [-0.4, -0.2) is 53.0 Å². The van der Waals surface area contributed by atoms with E-state index in [9.17, 15) is 9.59 Å². The normalized spacial score (nSPS) is 18.4. The average molecular weight is 345 g/mol. The number of amides is 1. The summed E-state index contributed by atoms with van der Waals surface area (Å²) in [5.41, 5.74) is 0.838. The highest BCUT2D eigenvalue weighted by Crippen LogP contribution is 2.21. The molecule has 1 aromatic rings. The first kappa shape index (κ1) is 17.1. The van der Waals surface area contributed by atoms with Crippen molar-refractivity contribution < 1.29 is 14.7 Å². The van der Waals surface area contributed by atoms with E-state index in [2.05, 4.69) is 0 Å². The number of hydrogen-bond acceptors (Lipinski definition) is 3. The van der Waals surface area contributed by atoms with Crippen molar-refractivity contribution in [2.45, 2.75) is 25.4 Å². The molecular formula is C15H18Cl2N2O3. The van der Waals surface area contributed by atoms with Crippen molar-refractivity contribution in [1.29, 1.82) is 0 Å². The molecule has 1 aliphatic rings.